The SMILES string of the molecule is Cc1nn(CC(=O)NC2CC(=O)N(C)C2=O)c(C)c1N. The molecule has 1 aromatic heterocycles. The van der Waals surface area contributed by atoms with E-state index in [2.05, 4.69) is 10.4 Å². The zero-order chi connectivity index (χ0) is 15.0. The second kappa shape index (κ2) is 4.95. The molecule has 1 aromatic rings. The van der Waals surface area contributed by atoms with Gasteiger partial charge in [-0.2, -0.15) is 5.10 Å². The van der Waals surface area contributed by atoms with Crippen molar-refractivity contribution < 1.29 is 14.4 Å². The van der Waals surface area contributed by atoms with Gasteiger partial charge in [-0.25, -0.2) is 0 Å². The summed E-state index contributed by atoms with van der Waals surface area (Å²) in [5.41, 5.74) is 7.68. The Bertz CT molecular complexity index is 592. The van der Waals surface area contributed by atoms with E-state index in [-0.39, 0.29) is 24.8 Å². The van der Waals surface area contributed by atoms with Crippen molar-refractivity contribution in [2.24, 2.45) is 0 Å². The highest BCUT2D eigenvalue weighted by Gasteiger charge is 2.36. The lowest BCUT2D eigenvalue weighted by Gasteiger charge is -2.11. The van der Waals surface area contributed by atoms with Gasteiger partial charge in [-0.1, -0.05) is 0 Å². The van der Waals surface area contributed by atoms with Gasteiger partial charge < -0.3 is 11.1 Å². The van der Waals surface area contributed by atoms with Crippen molar-refractivity contribution in [2.45, 2.75) is 32.9 Å². The highest BCUT2D eigenvalue weighted by molar-refractivity contribution is 6.06. The smallest absolute Gasteiger partial charge is 0.252 e. The second-order valence-corrected chi connectivity index (χ2v) is 4.86. The van der Waals surface area contributed by atoms with Crippen LogP contribution >= 0.6 is 0 Å². The fourth-order valence-corrected chi connectivity index (χ4v) is 2.11. The molecule has 0 bridgehead atoms. The third-order valence-corrected chi connectivity index (χ3v) is 3.45. The lowest BCUT2D eigenvalue weighted by molar-refractivity contribution is -0.138. The average molecular weight is 279 g/mol. The Labute approximate surface area is 115 Å². The van der Waals surface area contributed by atoms with Gasteiger partial charge in [0.25, 0.3) is 5.91 Å². The van der Waals surface area contributed by atoms with Gasteiger partial charge in [0.2, 0.25) is 11.8 Å². The van der Waals surface area contributed by atoms with Crippen molar-refractivity contribution >= 4 is 23.4 Å². The Balaban J connectivity index is 2.01. The fraction of sp³-hybridized carbons (Fsp3) is 0.500. The molecule has 3 amide bonds. The van der Waals surface area contributed by atoms with Crippen LogP contribution < -0.4 is 11.1 Å². The molecular formula is C12H17N5O3. The average Bonchev–Trinajstić information content (AvgIpc) is 2.76. The van der Waals surface area contributed by atoms with E-state index in [1.54, 1.807) is 13.8 Å². The number of imide groups is 1. The molecule has 1 fully saturated rings. The highest BCUT2D eigenvalue weighted by atomic mass is 16.2. The second-order valence-electron chi connectivity index (χ2n) is 4.86. The van der Waals surface area contributed by atoms with Crippen LogP contribution in [0.1, 0.15) is 17.8 Å². The minimum absolute atomic E-state index is 0.000327. The number of likely N-dealkylation sites (tertiary alicyclic amines) is 1. The first-order valence-electron chi connectivity index (χ1n) is 6.20. The van der Waals surface area contributed by atoms with E-state index in [1.807, 2.05) is 0 Å². The molecule has 0 radical (unpaired) electrons. The standard InChI is InChI=1S/C12H17N5O3/c1-6-11(13)7(2)17(15-6)5-9(18)14-8-4-10(19)16(3)12(8)20/h8H,4-5,13H2,1-3H3,(H,14,18). The summed E-state index contributed by atoms with van der Waals surface area (Å²) < 4.78 is 1.48. The van der Waals surface area contributed by atoms with Gasteiger partial charge in [-0.3, -0.25) is 24.0 Å². The lowest BCUT2D eigenvalue weighted by Crippen LogP contribution is -2.42. The first kappa shape index (κ1) is 14.0. The van der Waals surface area contributed by atoms with Crippen LogP contribution in [0.4, 0.5) is 5.69 Å². The van der Waals surface area contributed by atoms with Gasteiger partial charge in [0, 0.05) is 7.05 Å². The molecule has 3 N–H and O–H groups in total. The Morgan fingerprint density at radius 3 is 2.55 bits per heavy atom. The number of amides is 3. The highest BCUT2D eigenvalue weighted by Crippen LogP contribution is 2.15. The van der Waals surface area contributed by atoms with Crippen LogP contribution in [0.5, 0.6) is 0 Å². The van der Waals surface area contributed by atoms with Crippen molar-refractivity contribution in [2.75, 3.05) is 12.8 Å². The van der Waals surface area contributed by atoms with Crippen molar-refractivity contribution in [1.82, 2.24) is 20.0 Å². The quantitative estimate of drug-likeness (QED) is 0.686. The maximum atomic E-state index is 11.9. The third-order valence-electron chi connectivity index (χ3n) is 3.45. The number of carbonyl (C=O) groups is 3. The number of carbonyl (C=O) groups excluding carboxylic acids is 3. The van der Waals surface area contributed by atoms with Crippen LogP contribution in [0.2, 0.25) is 0 Å². The summed E-state index contributed by atoms with van der Waals surface area (Å²) in [6, 6.07) is -0.783. The molecule has 1 saturated heterocycles. The van der Waals surface area contributed by atoms with E-state index >= 15 is 0 Å². The van der Waals surface area contributed by atoms with Crippen LogP contribution in [0, 0.1) is 13.8 Å². The zero-order valence-electron chi connectivity index (χ0n) is 11.6. The Morgan fingerprint density at radius 1 is 1.45 bits per heavy atom. The molecule has 2 rings (SSSR count). The molecule has 108 valence electrons. The molecule has 2 heterocycles. The number of nitrogen functional groups attached to an aromatic ring is 1. The number of aryl methyl sites for hydroxylation is 1. The number of nitrogens with zero attached hydrogens (tertiary/aromatic N) is 3. The maximum absolute atomic E-state index is 11.9. The van der Waals surface area contributed by atoms with Crippen molar-refractivity contribution in [3.8, 4) is 0 Å². The molecule has 0 spiro atoms. The monoisotopic (exact) mass is 279 g/mol. The van der Waals surface area contributed by atoms with Gasteiger partial charge >= 0.3 is 0 Å². The summed E-state index contributed by atoms with van der Waals surface area (Å²) in [7, 11) is 1.40. The summed E-state index contributed by atoms with van der Waals surface area (Å²) in [6.45, 7) is 3.48. The normalized spacial score (nSPS) is 18.8. The third kappa shape index (κ3) is 2.36. The van der Waals surface area contributed by atoms with E-state index in [4.69, 9.17) is 5.73 Å². The molecule has 1 unspecified atom stereocenters. The molecule has 1 atom stereocenters. The van der Waals surface area contributed by atoms with Gasteiger partial charge in [-0.05, 0) is 13.8 Å². The first-order valence-corrected chi connectivity index (χ1v) is 6.20. The van der Waals surface area contributed by atoms with Gasteiger partial charge in [0.15, 0.2) is 0 Å². The number of likely N-dealkylation sites (N-methyl/N-ethyl adjacent to an activating group) is 1. The maximum Gasteiger partial charge on any atom is 0.252 e. The van der Waals surface area contributed by atoms with E-state index in [1.165, 1.54) is 11.7 Å². The molecule has 8 heteroatoms. The largest absolute Gasteiger partial charge is 0.396 e. The summed E-state index contributed by atoms with van der Waals surface area (Å²) in [5, 5.41) is 6.68. The molecule has 0 aliphatic carbocycles. The molecule has 8 nitrogen and oxygen atoms in total. The van der Waals surface area contributed by atoms with Gasteiger partial charge in [0.1, 0.15) is 12.6 Å². The summed E-state index contributed by atoms with van der Waals surface area (Å²) in [6.07, 6.45) is 0.000327. The Hall–Kier alpha value is -2.38. The molecule has 0 aromatic carbocycles. The van der Waals surface area contributed by atoms with Crippen LogP contribution in [0.15, 0.2) is 0 Å². The van der Waals surface area contributed by atoms with Crippen LogP contribution in [0.3, 0.4) is 0 Å². The summed E-state index contributed by atoms with van der Waals surface area (Å²) >= 11 is 0. The fourth-order valence-electron chi connectivity index (χ4n) is 2.11. The lowest BCUT2D eigenvalue weighted by atomic mass is 10.2. The molecule has 0 saturated carbocycles. The first-order chi connectivity index (χ1) is 9.31. The summed E-state index contributed by atoms with van der Waals surface area (Å²) in [5.74, 6) is -1.07. The Kier molecular flexibility index (Phi) is 3.47. The van der Waals surface area contributed by atoms with Crippen molar-refractivity contribution in [1.29, 1.82) is 0 Å². The molecule has 20 heavy (non-hydrogen) atoms. The number of nitrogens with one attached hydrogen (secondary N) is 1. The molecular weight excluding hydrogens is 262 g/mol. The predicted molar refractivity (Wildman–Crippen MR) is 70.4 cm³/mol. The zero-order valence-corrected chi connectivity index (χ0v) is 11.6. The van der Waals surface area contributed by atoms with E-state index in [0.29, 0.717) is 17.1 Å². The Morgan fingerprint density at radius 2 is 2.10 bits per heavy atom. The van der Waals surface area contributed by atoms with Crippen LogP contribution in [-0.2, 0) is 20.9 Å². The number of nitrogens with two attached hydrogens (primary N) is 1. The molecule has 1 aliphatic rings. The minimum atomic E-state index is -0.783. The van der Waals surface area contributed by atoms with Crippen LogP contribution in [0.25, 0.3) is 0 Å². The summed E-state index contributed by atoms with van der Waals surface area (Å²) in [4.78, 5) is 36.0. The number of aromatic nitrogens is 2. The number of hydrogen-bond acceptors (Lipinski definition) is 5. The number of hydrogen-bond donors (Lipinski definition) is 2. The predicted octanol–water partition coefficient (Wildman–Crippen LogP) is -1.04. The van der Waals surface area contributed by atoms with Crippen LogP contribution in [-0.4, -0.2) is 45.5 Å². The topological polar surface area (TPSA) is 110 Å². The van der Waals surface area contributed by atoms with Gasteiger partial charge in [0.05, 0.1) is 23.5 Å². The van der Waals surface area contributed by atoms with Crippen molar-refractivity contribution in [3.63, 3.8) is 0 Å². The van der Waals surface area contributed by atoms with Crippen molar-refractivity contribution in [3.05, 3.63) is 11.4 Å². The molecule has 1 aliphatic heterocycles. The number of rotatable bonds is 3. The van der Waals surface area contributed by atoms with E-state index < -0.39 is 11.9 Å². The van der Waals surface area contributed by atoms with Gasteiger partial charge in [-0.15, -0.1) is 0 Å². The van der Waals surface area contributed by atoms with E-state index in [9.17, 15) is 14.4 Å². The van der Waals surface area contributed by atoms with E-state index in [0.717, 1.165) is 4.90 Å². The minimum Gasteiger partial charge on any atom is -0.396 e. The number of anilines is 1.